The molecule has 4 nitrogen and oxygen atoms in total. The Labute approximate surface area is 74.8 Å². The highest BCUT2D eigenvalue weighted by atomic mass is 79.9. The molecular weight excluding hydrogens is 210 g/mol. The van der Waals surface area contributed by atoms with Crippen molar-refractivity contribution in [3.8, 4) is 0 Å². The summed E-state index contributed by atoms with van der Waals surface area (Å²) in [5.41, 5.74) is 4.97. The van der Waals surface area contributed by atoms with Crippen LogP contribution >= 0.6 is 17.0 Å². The predicted molar refractivity (Wildman–Crippen MR) is 48.9 cm³/mol. The average Bonchev–Trinajstić information content (AvgIpc) is 1.88. The highest BCUT2D eigenvalue weighted by molar-refractivity contribution is 8.93. The van der Waals surface area contributed by atoms with Crippen LogP contribution in [0.25, 0.3) is 0 Å². The van der Waals surface area contributed by atoms with Crippen molar-refractivity contribution in [3.05, 3.63) is 22.7 Å². The van der Waals surface area contributed by atoms with Crippen LogP contribution in [0.5, 0.6) is 0 Å². The van der Waals surface area contributed by atoms with E-state index in [0.717, 1.165) is 0 Å². The zero-order valence-electron chi connectivity index (χ0n) is 6.15. The fourth-order valence-electron chi connectivity index (χ4n) is 0.683. The molecule has 5 heteroatoms. The van der Waals surface area contributed by atoms with Gasteiger partial charge in [0.15, 0.2) is 0 Å². The Hall–Kier alpha value is -0.840. The van der Waals surface area contributed by atoms with Gasteiger partial charge >= 0.3 is 5.69 Å². The lowest BCUT2D eigenvalue weighted by Gasteiger charge is -1.97. The van der Waals surface area contributed by atoms with Crippen molar-refractivity contribution in [2.24, 2.45) is 0 Å². The first kappa shape index (κ1) is 10.2. The Balaban J connectivity index is 0.000001000. The number of nitrogen functional groups attached to an aromatic ring is 1. The number of rotatable bonds is 1. The molecule has 1 rings (SSSR count). The number of nitrogens with zero attached hydrogens (tertiary/aromatic N) is 2. The topological polar surface area (TPSA) is 60.9 Å². The van der Waals surface area contributed by atoms with Crippen molar-refractivity contribution in [2.45, 2.75) is 13.5 Å². The number of hydrogen-bond donors (Lipinski definition) is 1. The lowest BCUT2D eigenvalue weighted by molar-refractivity contribution is 0.701. The molecule has 2 N–H and O–H groups in total. The summed E-state index contributed by atoms with van der Waals surface area (Å²) in [5.74, 6) is 0.273. The van der Waals surface area contributed by atoms with Gasteiger partial charge < -0.3 is 5.73 Å². The molecule has 11 heavy (non-hydrogen) atoms. The van der Waals surface area contributed by atoms with Crippen molar-refractivity contribution in [1.29, 1.82) is 0 Å². The van der Waals surface area contributed by atoms with Crippen LogP contribution in [0.15, 0.2) is 17.1 Å². The molecule has 1 aromatic heterocycles. The summed E-state index contributed by atoms with van der Waals surface area (Å²) in [6.45, 7) is 2.51. The van der Waals surface area contributed by atoms with E-state index in [-0.39, 0.29) is 28.5 Å². The van der Waals surface area contributed by atoms with Gasteiger partial charge in [-0.1, -0.05) is 0 Å². The highest BCUT2D eigenvalue weighted by Gasteiger charge is 1.92. The molecule has 0 fully saturated rings. The minimum absolute atomic E-state index is 0. The van der Waals surface area contributed by atoms with Crippen molar-refractivity contribution in [3.63, 3.8) is 0 Å². The number of aryl methyl sites for hydroxylation is 1. The third-order valence-corrected chi connectivity index (χ3v) is 1.24. The molecule has 0 atom stereocenters. The molecule has 1 heterocycles. The van der Waals surface area contributed by atoms with Gasteiger partial charge in [0.25, 0.3) is 0 Å². The third-order valence-electron chi connectivity index (χ3n) is 1.24. The van der Waals surface area contributed by atoms with Crippen LogP contribution in [0.3, 0.4) is 0 Å². The van der Waals surface area contributed by atoms with Gasteiger partial charge in [0, 0.05) is 12.7 Å². The molecule has 0 aliphatic carbocycles. The lowest BCUT2D eigenvalue weighted by Crippen LogP contribution is -2.21. The number of aromatic nitrogens is 2. The van der Waals surface area contributed by atoms with Gasteiger partial charge in [0.1, 0.15) is 5.82 Å². The van der Waals surface area contributed by atoms with Gasteiger partial charge in [-0.25, -0.2) is 4.79 Å². The summed E-state index contributed by atoms with van der Waals surface area (Å²) >= 11 is 0. The Morgan fingerprint density at radius 3 is 2.82 bits per heavy atom. The van der Waals surface area contributed by atoms with E-state index in [4.69, 9.17) is 5.73 Å². The molecule has 0 saturated heterocycles. The highest BCUT2D eigenvalue weighted by Crippen LogP contribution is 1.87. The average molecular weight is 220 g/mol. The van der Waals surface area contributed by atoms with Crippen LogP contribution in [0, 0.1) is 0 Å². The van der Waals surface area contributed by atoms with E-state index >= 15 is 0 Å². The van der Waals surface area contributed by atoms with Crippen LogP contribution < -0.4 is 11.4 Å². The van der Waals surface area contributed by atoms with E-state index in [1.807, 2.05) is 6.92 Å². The Kier molecular flexibility index (Phi) is 3.81. The second-order valence-electron chi connectivity index (χ2n) is 1.92. The second kappa shape index (κ2) is 4.12. The first-order chi connectivity index (χ1) is 4.74. The van der Waals surface area contributed by atoms with Gasteiger partial charge in [-0.2, -0.15) is 4.98 Å². The van der Waals surface area contributed by atoms with Crippen molar-refractivity contribution < 1.29 is 0 Å². The second-order valence-corrected chi connectivity index (χ2v) is 1.92. The van der Waals surface area contributed by atoms with Crippen molar-refractivity contribution in [1.82, 2.24) is 9.55 Å². The van der Waals surface area contributed by atoms with Crippen LogP contribution in [0.2, 0.25) is 0 Å². The summed E-state index contributed by atoms with van der Waals surface area (Å²) < 4.78 is 1.48. The largest absolute Gasteiger partial charge is 0.383 e. The third kappa shape index (κ3) is 2.34. The maximum atomic E-state index is 10.8. The van der Waals surface area contributed by atoms with Gasteiger partial charge in [-0.05, 0) is 13.0 Å². The molecule has 0 unspecified atom stereocenters. The molecule has 0 amide bonds. The monoisotopic (exact) mass is 219 g/mol. The molecule has 62 valence electrons. The fraction of sp³-hybridized carbons (Fsp3) is 0.333. The Morgan fingerprint density at radius 1 is 1.73 bits per heavy atom. The van der Waals surface area contributed by atoms with Crippen LogP contribution in [-0.2, 0) is 6.54 Å². The van der Waals surface area contributed by atoms with E-state index in [0.29, 0.717) is 6.54 Å². The van der Waals surface area contributed by atoms with Gasteiger partial charge in [-0.15, -0.1) is 17.0 Å². The quantitative estimate of drug-likeness (QED) is 0.746. The smallest absolute Gasteiger partial charge is 0.349 e. The number of nitrogens with two attached hydrogens (primary N) is 1. The molecule has 0 saturated carbocycles. The van der Waals surface area contributed by atoms with E-state index < -0.39 is 0 Å². The number of anilines is 1. The Bertz CT molecular complexity index is 283. The summed E-state index contributed by atoms with van der Waals surface area (Å²) in [6, 6.07) is 1.60. The van der Waals surface area contributed by atoms with E-state index in [9.17, 15) is 4.79 Å². The summed E-state index contributed by atoms with van der Waals surface area (Å²) in [6.07, 6.45) is 1.63. The molecule has 0 aliphatic rings. The van der Waals surface area contributed by atoms with E-state index in [1.54, 1.807) is 12.3 Å². The summed E-state index contributed by atoms with van der Waals surface area (Å²) in [4.78, 5) is 14.4. The minimum atomic E-state index is -0.289. The standard InChI is InChI=1S/C6H9N3O.BrH/c1-2-9-4-3-5(7)8-6(9)10;/h3-4H,2H2,1H3,(H2,7,8,10);1H. The maximum absolute atomic E-state index is 10.8. The first-order valence-electron chi connectivity index (χ1n) is 3.07. The molecule has 0 bridgehead atoms. The molecule has 1 aromatic rings. The van der Waals surface area contributed by atoms with Crippen LogP contribution in [-0.4, -0.2) is 9.55 Å². The first-order valence-corrected chi connectivity index (χ1v) is 3.07. The minimum Gasteiger partial charge on any atom is -0.383 e. The number of halogens is 1. The summed E-state index contributed by atoms with van der Waals surface area (Å²) in [7, 11) is 0. The Morgan fingerprint density at radius 2 is 2.36 bits per heavy atom. The zero-order chi connectivity index (χ0) is 7.56. The zero-order valence-corrected chi connectivity index (χ0v) is 7.86. The van der Waals surface area contributed by atoms with Crippen LogP contribution in [0.4, 0.5) is 5.82 Å². The van der Waals surface area contributed by atoms with Crippen molar-refractivity contribution in [2.75, 3.05) is 5.73 Å². The normalized spacial score (nSPS) is 8.82. The number of hydrogen-bond acceptors (Lipinski definition) is 3. The van der Waals surface area contributed by atoms with E-state index in [1.165, 1.54) is 4.57 Å². The van der Waals surface area contributed by atoms with Crippen LogP contribution in [0.1, 0.15) is 6.92 Å². The molecule has 0 aromatic carbocycles. The SMILES string of the molecule is Br.CCn1ccc(N)nc1=O. The molecule has 0 aliphatic heterocycles. The van der Waals surface area contributed by atoms with Gasteiger partial charge in [0.2, 0.25) is 0 Å². The fourth-order valence-corrected chi connectivity index (χ4v) is 0.683. The van der Waals surface area contributed by atoms with Gasteiger partial charge in [0.05, 0.1) is 0 Å². The molecular formula is C6H10BrN3O. The predicted octanol–water partition coefficient (Wildman–Crippen LogP) is 0.423. The lowest BCUT2D eigenvalue weighted by atomic mass is 10.6. The van der Waals surface area contributed by atoms with E-state index in [2.05, 4.69) is 4.98 Å². The van der Waals surface area contributed by atoms with Gasteiger partial charge in [-0.3, -0.25) is 4.57 Å². The summed E-state index contributed by atoms with van der Waals surface area (Å²) in [5, 5.41) is 0. The molecule has 0 radical (unpaired) electrons. The maximum Gasteiger partial charge on any atom is 0.349 e. The molecule has 0 spiro atoms. The van der Waals surface area contributed by atoms with Crippen molar-refractivity contribution >= 4 is 22.8 Å².